The minimum atomic E-state index is 0.432. The minimum Gasteiger partial charge on any atom is -0.468 e. The first-order chi connectivity index (χ1) is 12.3. The molecular formula is C18H16N6O. The molecule has 4 rings (SSSR count). The quantitative estimate of drug-likeness (QED) is 0.605. The number of hydrogen-bond donors (Lipinski definition) is 1. The van der Waals surface area contributed by atoms with Crippen molar-refractivity contribution < 1.29 is 4.74 Å². The van der Waals surface area contributed by atoms with Gasteiger partial charge in [-0.2, -0.15) is 9.97 Å². The lowest BCUT2D eigenvalue weighted by Crippen LogP contribution is -2.09. The predicted octanol–water partition coefficient (Wildman–Crippen LogP) is 2.83. The second kappa shape index (κ2) is 6.56. The maximum Gasteiger partial charge on any atom is 0.304 e. The molecule has 7 nitrogen and oxygen atoms in total. The zero-order valence-electron chi connectivity index (χ0n) is 13.6. The summed E-state index contributed by atoms with van der Waals surface area (Å²) < 4.78 is 7.15. The molecule has 0 saturated heterocycles. The van der Waals surface area contributed by atoms with Crippen molar-refractivity contribution in [3.8, 4) is 12.0 Å². The van der Waals surface area contributed by atoms with E-state index in [2.05, 4.69) is 25.3 Å². The second-order valence-electron chi connectivity index (χ2n) is 5.37. The first-order valence-corrected chi connectivity index (χ1v) is 7.84. The van der Waals surface area contributed by atoms with Gasteiger partial charge in [-0.25, -0.2) is 14.5 Å². The summed E-state index contributed by atoms with van der Waals surface area (Å²) in [6, 6.07) is 18.2. The van der Waals surface area contributed by atoms with Crippen molar-refractivity contribution in [2.75, 3.05) is 12.4 Å². The number of aromatic nitrogens is 5. The van der Waals surface area contributed by atoms with E-state index in [0.717, 1.165) is 16.6 Å². The van der Waals surface area contributed by atoms with Gasteiger partial charge in [0.2, 0.25) is 11.9 Å². The van der Waals surface area contributed by atoms with Crippen LogP contribution in [0.15, 0.2) is 60.9 Å². The summed E-state index contributed by atoms with van der Waals surface area (Å²) in [6.07, 6.45) is 1.48. The standard InChI is InChI=1S/C18H16N6O/c1-25-18-22-14-9-5-6-10-15(14)24(18)17-21-12-20-16(23-17)19-11-13-7-3-2-4-8-13/h2-10,12H,11H2,1H3,(H,19,20,21,23). The number of para-hydroxylation sites is 2. The average molecular weight is 332 g/mol. The zero-order chi connectivity index (χ0) is 17.1. The highest BCUT2D eigenvalue weighted by Gasteiger charge is 2.15. The zero-order valence-corrected chi connectivity index (χ0v) is 13.6. The summed E-state index contributed by atoms with van der Waals surface area (Å²) in [6.45, 7) is 0.631. The summed E-state index contributed by atoms with van der Waals surface area (Å²) in [5, 5.41) is 3.21. The molecule has 0 unspecified atom stereocenters. The fraction of sp³-hybridized carbons (Fsp3) is 0.111. The van der Waals surface area contributed by atoms with Gasteiger partial charge >= 0.3 is 6.01 Å². The van der Waals surface area contributed by atoms with Gasteiger partial charge in [-0.05, 0) is 17.7 Å². The van der Waals surface area contributed by atoms with Crippen LogP contribution in [-0.4, -0.2) is 31.6 Å². The van der Waals surface area contributed by atoms with Crippen LogP contribution in [0.4, 0.5) is 5.95 Å². The smallest absolute Gasteiger partial charge is 0.304 e. The van der Waals surface area contributed by atoms with E-state index in [-0.39, 0.29) is 0 Å². The Bertz CT molecular complexity index is 999. The SMILES string of the molecule is COc1nc2ccccc2n1-c1ncnc(NCc2ccccc2)n1. The van der Waals surface area contributed by atoms with E-state index in [0.29, 0.717) is 24.5 Å². The van der Waals surface area contributed by atoms with Crippen LogP contribution in [0.5, 0.6) is 6.01 Å². The van der Waals surface area contributed by atoms with Gasteiger partial charge in [-0.3, -0.25) is 0 Å². The lowest BCUT2D eigenvalue weighted by molar-refractivity contribution is 0.374. The van der Waals surface area contributed by atoms with E-state index in [9.17, 15) is 0 Å². The lowest BCUT2D eigenvalue weighted by atomic mass is 10.2. The average Bonchev–Trinajstić information content (AvgIpc) is 3.06. The Hall–Kier alpha value is -3.48. The first kappa shape index (κ1) is 15.1. The normalized spacial score (nSPS) is 10.8. The molecule has 25 heavy (non-hydrogen) atoms. The van der Waals surface area contributed by atoms with Crippen LogP contribution in [0.2, 0.25) is 0 Å². The molecule has 0 fully saturated rings. The van der Waals surface area contributed by atoms with Crippen LogP contribution in [0.25, 0.3) is 17.0 Å². The molecule has 7 heteroatoms. The van der Waals surface area contributed by atoms with Gasteiger partial charge in [-0.1, -0.05) is 42.5 Å². The van der Waals surface area contributed by atoms with Gasteiger partial charge in [0.1, 0.15) is 6.33 Å². The lowest BCUT2D eigenvalue weighted by Gasteiger charge is -2.08. The predicted molar refractivity (Wildman–Crippen MR) is 94.8 cm³/mol. The van der Waals surface area contributed by atoms with Crippen molar-refractivity contribution >= 4 is 17.0 Å². The molecule has 0 spiro atoms. The van der Waals surface area contributed by atoms with Gasteiger partial charge in [0, 0.05) is 6.54 Å². The Morgan fingerprint density at radius 3 is 2.60 bits per heavy atom. The summed E-state index contributed by atoms with van der Waals surface area (Å²) in [4.78, 5) is 17.4. The number of nitrogens with zero attached hydrogens (tertiary/aromatic N) is 5. The Labute approximate surface area is 144 Å². The maximum atomic E-state index is 5.38. The number of ether oxygens (including phenoxy) is 1. The molecule has 0 aliphatic rings. The Kier molecular flexibility index (Phi) is 3.96. The highest BCUT2D eigenvalue weighted by molar-refractivity contribution is 5.78. The number of rotatable bonds is 5. The van der Waals surface area contributed by atoms with Crippen molar-refractivity contribution in [3.05, 3.63) is 66.5 Å². The molecule has 0 aliphatic carbocycles. The van der Waals surface area contributed by atoms with Crippen molar-refractivity contribution in [3.63, 3.8) is 0 Å². The third-order valence-electron chi connectivity index (χ3n) is 3.77. The largest absolute Gasteiger partial charge is 0.468 e. The fourth-order valence-electron chi connectivity index (χ4n) is 2.59. The number of benzene rings is 2. The number of hydrogen-bond acceptors (Lipinski definition) is 6. The summed E-state index contributed by atoms with van der Waals surface area (Å²) >= 11 is 0. The molecule has 124 valence electrons. The van der Waals surface area contributed by atoms with E-state index >= 15 is 0 Å². The summed E-state index contributed by atoms with van der Waals surface area (Å²) in [7, 11) is 1.58. The summed E-state index contributed by atoms with van der Waals surface area (Å²) in [5.74, 6) is 0.949. The van der Waals surface area contributed by atoms with Crippen LogP contribution in [-0.2, 0) is 6.54 Å². The second-order valence-corrected chi connectivity index (χ2v) is 5.37. The molecular weight excluding hydrogens is 316 g/mol. The van der Waals surface area contributed by atoms with E-state index in [1.807, 2.05) is 54.6 Å². The van der Waals surface area contributed by atoms with E-state index in [1.54, 1.807) is 11.7 Å². The maximum absolute atomic E-state index is 5.38. The summed E-state index contributed by atoms with van der Waals surface area (Å²) in [5.41, 5.74) is 2.84. The van der Waals surface area contributed by atoms with Crippen molar-refractivity contribution in [2.45, 2.75) is 6.54 Å². The van der Waals surface area contributed by atoms with Gasteiger partial charge in [0.15, 0.2) is 0 Å². The van der Waals surface area contributed by atoms with Gasteiger partial charge in [-0.15, -0.1) is 0 Å². The molecule has 0 radical (unpaired) electrons. The van der Waals surface area contributed by atoms with E-state index in [1.165, 1.54) is 6.33 Å². The van der Waals surface area contributed by atoms with Crippen molar-refractivity contribution in [1.82, 2.24) is 24.5 Å². The molecule has 2 heterocycles. The molecule has 4 aromatic rings. The molecule has 0 aliphatic heterocycles. The third kappa shape index (κ3) is 2.99. The highest BCUT2D eigenvalue weighted by Crippen LogP contribution is 2.24. The fourth-order valence-corrected chi connectivity index (χ4v) is 2.59. The molecule has 1 N–H and O–H groups in total. The number of imidazole rings is 1. The van der Waals surface area contributed by atoms with Crippen molar-refractivity contribution in [1.29, 1.82) is 0 Å². The van der Waals surface area contributed by atoms with Crippen molar-refractivity contribution in [2.24, 2.45) is 0 Å². The van der Waals surface area contributed by atoms with Crippen LogP contribution < -0.4 is 10.1 Å². The monoisotopic (exact) mass is 332 g/mol. The number of methoxy groups -OCH3 is 1. The van der Waals surface area contributed by atoms with Crippen LogP contribution in [0, 0.1) is 0 Å². The first-order valence-electron chi connectivity index (χ1n) is 7.84. The molecule has 0 saturated carbocycles. The molecule has 2 aromatic heterocycles. The number of anilines is 1. The minimum absolute atomic E-state index is 0.432. The highest BCUT2D eigenvalue weighted by atomic mass is 16.5. The van der Waals surface area contributed by atoms with E-state index in [4.69, 9.17) is 4.74 Å². The Balaban J connectivity index is 1.68. The Morgan fingerprint density at radius 1 is 0.960 bits per heavy atom. The van der Waals surface area contributed by atoms with Crippen LogP contribution >= 0.6 is 0 Å². The van der Waals surface area contributed by atoms with Gasteiger partial charge in [0.25, 0.3) is 0 Å². The van der Waals surface area contributed by atoms with Gasteiger partial charge < -0.3 is 10.1 Å². The van der Waals surface area contributed by atoms with Crippen LogP contribution in [0.1, 0.15) is 5.56 Å². The number of fused-ring (bicyclic) bond motifs is 1. The van der Waals surface area contributed by atoms with E-state index < -0.39 is 0 Å². The number of nitrogens with one attached hydrogen (secondary N) is 1. The third-order valence-corrected chi connectivity index (χ3v) is 3.77. The van der Waals surface area contributed by atoms with Crippen LogP contribution in [0.3, 0.4) is 0 Å². The van der Waals surface area contributed by atoms with Gasteiger partial charge in [0.05, 0.1) is 18.1 Å². The molecule has 2 aromatic carbocycles. The Morgan fingerprint density at radius 2 is 1.76 bits per heavy atom. The molecule has 0 bridgehead atoms. The topological polar surface area (TPSA) is 77.8 Å². The molecule has 0 amide bonds. The molecule has 0 atom stereocenters.